The van der Waals surface area contributed by atoms with Crippen LogP contribution in [0.2, 0.25) is 0 Å². The summed E-state index contributed by atoms with van der Waals surface area (Å²) in [6.07, 6.45) is 8.78. The summed E-state index contributed by atoms with van der Waals surface area (Å²) < 4.78 is 42.7. The van der Waals surface area contributed by atoms with Crippen LogP contribution in [0.4, 0.5) is 0 Å². The number of rotatable bonds is 16. The average molecular weight is 1620 g/mol. The molecule has 30 nitrogen and oxygen atoms in total. The van der Waals surface area contributed by atoms with Crippen molar-refractivity contribution >= 4 is 173 Å². The lowest BCUT2D eigenvalue weighted by molar-refractivity contribution is -0.136. The molecule has 0 radical (unpaired) electrons. The Kier molecular flexibility index (Phi) is 23.3. The summed E-state index contributed by atoms with van der Waals surface area (Å²) in [4.78, 5) is 146. The third-order valence-electron chi connectivity index (χ3n) is 22.4. The van der Waals surface area contributed by atoms with Crippen LogP contribution in [-0.4, -0.2) is 158 Å². The zero-order chi connectivity index (χ0) is 83.4. The van der Waals surface area contributed by atoms with E-state index >= 15 is 0 Å². The van der Waals surface area contributed by atoms with E-state index in [1.165, 1.54) is 5.56 Å². The number of nitrogens with zero attached hydrogens (tertiary/aromatic N) is 8. The maximum Gasteiger partial charge on any atom is 0.235 e. The van der Waals surface area contributed by atoms with Crippen LogP contribution in [-0.2, 0) is 64.0 Å². The van der Waals surface area contributed by atoms with Gasteiger partial charge in [0.1, 0.15) is 64.1 Å². The quantitative estimate of drug-likeness (QED) is 0.0350. The predicted octanol–water partition coefficient (Wildman–Crippen LogP) is 14.0. The van der Waals surface area contributed by atoms with Crippen LogP contribution >= 0.6 is 0 Å². The average Bonchev–Trinajstić information content (AvgIpc) is 1.65. The number of carbonyl (C=O) groups is 11. The van der Waals surface area contributed by atoms with Gasteiger partial charge in [-0.3, -0.25) is 73.3 Å². The first-order valence-corrected chi connectivity index (χ1v) is 39.6. The highest BCUT2D eigenvalue weighted by atomic mass is 16.5. The van der Waals surface area contributed by atoms with Crippen LogP contribution in [0.25, 0.3) is 109 Å². The molecule has 20 rings (SSSR count). The van der Waals surface area contributed by atoms with Gasteiger partial charge in [-0.15, -0.1) is 0 Å². The van der Waals surface area contributed by atoms with Gasteiger partial charge >= 0.3 is 0 Å². The van der Waals surface area contributed by atoms with Crippen molar-refractivity contribution in [3.63, 3.8) is 0 Å². The lowest BCUT2D eigenvalue weighted by Gasteiger charge is -2.19. The molecule has 30 heteroatoms. The number of carbonyl (C=O) groups excluding carboxylic acids is 11. The molecule has 5 aliphatic rings. The van der Waals surface area contributed by atoms with E-state index in [1.807, 2.05) is 105 Å². The summed E-state index contributed by atoms with van der Waals surface area (Å²) in [6.45, 7) is 2.33. The normalized spacial score (nSPS) is 18.5. The number of ketones is 7. The minimum absolute atomic E-state index is 0.0107. The minimum atomic E-state index is -0.446. The minimum Gasteiger partial charge on any atom is -0.475 e. The Labute approximate surface area is 681 Å². The molecule has 0 bridgehead atoms. The highest BCUT2D eigenvalue weighted by molar-refractivity contribution is 6.16. The predicted molar refractivity (Wildman–Crippen MR) is 438 cm³/mol. The second-order valence-electron chi connectivity index (χ2n) is 30.7. The molecule has 5 atom stereocenters. The van der Waals surface area contributed by atoms with E-state index in [0.29, 0.717) is 165 Å². The molecular weight excluding hydrogens is 1540 g/mol. The van der Waals surface area contributed by atoms with Crippen molar-refractivity contribution in [1.82, 2.24) is 56.3 Å². The number of hydrogen-bond acceptors (Lipinski definition) is 27. The van der Waals surface area contributed by atoms with Gasteiger partial charge in [-0.05, 0) is 153 Å². The molecule has 3 saturated carbocycles. The van der Waals surface area contributed by atoms with Crippen molar-refractivity contribution in [3.8, 4) is 5.88 Å². The first-order valence-electron chi connectivity index (χ1n) is 39.6. The number of pyridine rings is 2. The molecule has 10 heterocycles. The number of aromatic amines is 1. The summed E-state index contributed by atoms with van der Waals surface area (Å²) in [7, 11) is 7.32. The fraction of sp³-hybridized carbons (Fsp3) is 0.311. The number of hydrogen-bond donors (Lipinski definition) is 3. The second kappa shape index (κ2) is 34.9. The fourth-order valence-corrected chi connectivity index (χ4v) is 16.5. The van der Waals surface area contributed by atoms with E-state index in [4.69, 9.17) is 36.8 Å². The molecule has 5 unspecified atom stereocenters. The lowest BCUT2D eigenvalue weighted by Crippen LogP contribution is -2.39. The fourth-order valence-electron chi connectivity index (χ4n) is 16.5. The molecular formula is C90H81N11O19. The number of imide groups is 2. The molecule has 15 aromatic rings. The summed E-state index contributed by atoms with van der Waals surface area (Å²) in [6, 6.07) is 40.0. The molecule has 0 spiro atoms. The van der Waals surface area contributed by atoms with Gasteiger partial charge < -0.3 is 41.7 Å². The largest absolute Gasteiger partial charge is 0.475 e. The van der Waals surface area contributed by atoms with Gasteiger partial charge in [0.25, 0.3) is 0 Å². The Morgan fingerprint density at radius 2 is 0.975 bits per heavy atom. The van der Waals surface area contributed by atoms with E-state index in [9.17, 15) is 52.7 Å². The first-order chi connectivity index (χ1) is 58.2. The molecule has 3 N–H and O–H groups in total. The zero-order valence-corrected chi connectivity index (χ0v) is 65.9. The summed E-state index contributed by atoms with van der Waals surface area (Å²) in [5.74, 6) is -2.73. The first kappa shape index (κ1) is 80.2. The van der Waals surface area contributed by atoms with Gasteiger partial charge in [-0.2, -0.15) is 0 Å². The molecule has 2 aliphatic heterocycles. The molecule has 5 fully saturated rings. The van der Waals surface area contributed by atoms with E-state index in [-0.39, 0.29) is 89.3 Å². The van der Waals surface area contributed by atoms with Crippen LogP contribution in [0.1, 0.15) is 170 Å². The smallest absolute Gasteiger partial charge is 0.235 e. The summed E-state index contributed by atoms with van der Waals surface area (Å²) in [5.41, 5.74) is 10.6. The number of H-pyrrole nitrogens is 1. The molecule has 4 amide bonds. The molecule has 2 saturated heterocycles. The third-order valence-corrected chi connectivity index (χ3v) is 22.4. The molecule has 120 heavy (non-hydrogen) atoms. The number of amides is 4. The topological polar surface area (TPSA) is 414 Å². The van der Waals surface area contributed by atoms with Gasteiger partial charge in [0.2, 0.25) is 29.5 Å². The lowest BCUT2D eigenvalue weighted by atomic mass is 9.83. The van der Waals surface area contributed by atoms with E-state index in [1.54, 1.807) is 44.8 Å². The molecule has 7 aromatic carbocycles. The van der Waals surface area contributed by atoms with Crippen molar-refractivity contribution in [2.75, 3.05) is 48.1 Å². The van der Waals surface area contributed by atoms with Gasteiger partial charge in [-0.1, -0.05) is 63.1 Å². The Morgan fingerprint density at radius 1 is 0.450 bits per heavy atom. The monoisotopic (exact) mass is 1620 g/mol. The van der Waals surface area contributed by atoms with Crippen LogP contribution < -0.4 is 15.4 Å². The van der Waals surface area contributed by atoms with Gasteiger partial charge in [0.05, 0.1) is 99.2 Å². The number of Topliss-reactive ketones (excluding diaryl/α,β-unsaturated/α-hetero) is 7. The van der Waals surface area contributed by atoms with Crippen molar-refractivity contribution in [2.45, 2.75) is 132 Å². The Balaban J connectivity index is 0.000000112. The van der Waals surface area contributed by atoms with Gasteiger partial charge in [0, 0.05) is 118 Å². The van der Waals surface area contributed by atoms with Crippen LogP contribution in [0, 0.1) is 0 Å². The van der Waals surface area contributed by atoms with Crippen molar-refractivity contribution in [3.05, 3.63) is 179 Å². The Bertz CT molecular complexity index is 6620. The van der Waals surface area contributed by atoms with Crippen molar-refractivity contribution in [1.29, 1.82) is 0 Å². The number of fused-ring (bicyclic) bond motifs is 14. The number of methoxy groups -OCH3 is 2. The molecule has 3 aliphatic carbocycles. The van der Waals surface area contributed by atoms with Crippen LogP contribution in [0.3, 0.4) is 0 Å². The Morgan fingerprint density at radius 3 is 1.57 bits per heavy atom. The van der Waals surface area contributed by atoms with Crippen LogP contribution in [0.5, 0.6) is 5.88 Å². The van der Waals surface area contributed by atoms with Crippen molar-refractivity contribution < 1.29 is 89.6 Å². The maximum atomic E-state index is 12.4. The number of aromatic nitrogens is 8. The van der Waals surface area contributed by atoms with Crippen LogP contribution in [0.15, 0.2) is 162 Å². The van der Waals surface area contributed by atoms with E-state index in [0.717, 1.165) is 87.7 Å². The van der Waals surface area contributed by atoms with Gasteiger partial charge in [0.15, 0.2) is 33.7 Å². The number of piperidine rings is 2. The number of benzene rings is 7. The SMILES string of the molecule is CN(C)Cc1ccc2c(ccc3onc(C4CCC(=O)CC4=O)c32)c1.COCCCC(=O)c1ccc2c(ccc3onc(C4CCC(=O)CC4=O)c32)c1.COCCOc1ccc2c(ccc3onc(C4CCC(=O)CC4=O)c32)n1.O=C1CCC(c2[nH]oc3ccc4nccc4c23)C(=O)N1.O=C1CCC(c2noc3cc4ncccc4cc23)C(=O)N1. The third kappa shape index (κ3) is 16.7. The maximum absolute atomic E-state index is 12.4. The van der Waals surface area contributed by atoms with Gasteiger partial charge in [-0.25, -0.2) is 10.1 Å². The summed E-state index contributed by atoms with van der Waals surface area (Å²) >= 11 is 0. The highest BCUT2D eigenvalue weighted by Gasteiger charge is 2.38. The highest BCUT2D eigenvalue weighted by Crippen LogP contribution is 2.42. The second-order valence-corrected chi connectivity index (χ2v) is 30.7. The Hall–Kier alpha value is -13.6. The number of nitrogens with one attached hydrogen (secondary N) is 3. The van der Waals surface area contributed by atoms with E-state index in [2.05, 4.69) is 74.5 Å². The molecule has 610 valence electrons. The number of ether oxygens (including phenoxy) is 3. The standard InChI is InChI=1S/C22H21NO5.C20H20N2O3.C19H18N2O5.C15H11N3O3.C14H11N3O3/c1-27-10-2-3-18(25)14-4-7-16-13(11-14)5-9-20-21(16)22(23-28-20)17-8-6-15(24)12-19(17)26;1-22(2)11-12-3-6-15-13(9-12)4-8-18-19(15)20(21-25-18)16-7-5-14(23)10-17(16)24;1-24-8-9-25-17-7-4-12-14(20-17)5-6-16-18(12)19(21-26-16)13-3-2-11(22)10-15(13)23;19-13-4-3-9(15(20)17-13)14-10-6-8-2-1-5-16-11(8)7-12(10)21-18-14;18-11-4-1-8(14(19)16-11)13-12-7-5-6-15-9(7)2-3-10(12)20-17-13/h4-5,7,9,11,17H,2-3,6,8,10,12H2,1H3;3-4,6,8-9,16H,5,7,10-11H2,1-2H3;4-7,13H,2-3,8-10H2,1H3;1-2,5-7,9H,3-4H2,(H,17,19,20);2-3,5-6,8,17H,1,4H2,(H,16,18,19). The summed E-state index contributed by atoms with van der Waals surface area (Å²) in [5, 5.41) is 35.0. The zero-order valence-electron chi connectivity index (χ0n) is 65.9. The van der Waals surface area contributed by atoms with E-state index < -0.39 is 23.7 Å². The molecule has 8 aromatic heterocycles. The van der Waals surface area contributed by atoms with Crippen molar-refractivity contribution in [2.24, 2.45) is 0 Å².